The summed E-state index contributed by atoms with van der Waals surface area (Å²) >= 11 is 0. The molecule has 1 aromatic rings. The Kier molecular flexibility index (Phi) is 7.32. The van der Waals surface area contributed by atoms with Gasteiger partial charge in [0.05, 0.1) is 18.5 Å². The average molecular weight is 398 g/mol. The molecule has 1 heterocycles. The lowest BCUT2D eigenvalue weighted by Gasteiger charge is -2.34. The van der Waals surface area contributed by atoms with Gasteiger partial charge in [0.25, 0.3) is 0 Å². The number of urea groups is 1. The number of piperazine rings is 1. The minimum absolute atomic E-state index is 0.0260. The summed E-state index contributed by atoms with van der Waals surface area (Å²) < 4.78 is 25.7. The number of likely N-dealkylation sites (N-methyl/N-ethyl adjacent to an activating group) is 1. The molecule has 1 aromatic carbocycles. The van der Waals surface area contributed by atoms with Gasteiger partial charge in [-0.3, -0.25) is 4.31 Å². The molecule has 1 aliphatic heterocycles. The van der Waals surface area contributed by atoms with E-state index in [-0.39, 0.29) is 25.2 Å². The second-order valence-electron chi connectivity index (χ2n) is 7.20. The smallest absolute Gasteiger partial charge is 0.315 e. The van der Waals surface area contributed by atoms with Crippen LogP contribution in [0.2, 0.25) is 0 Å². The van der Waals surface area contributed by atoms with Gasteiger partial charge in [0, 0.05) is 44.5 Å². The molecule has 27 heavy (non-hydrogen) atoms. The predicted octanol–water partition coefficient (Wildman–Crippen LogP) is 0.912. The molecule has 2 N–H and O–H groups in total. The summed E-state index contributed by atoms with van der Waals surface area (Å²) in [7, 11) is -1.33. The Morgan fingerprint density at radius 3 is 2.26 bits per heavy atom. The van der Waals surface area contributed by atoms with Gasteiger partial charge in [0.2, 0.25) is 10.0 Å². The van der Waals surface area contributed by atoms with Gasteiger partial charge < -0.3 is 20.4 Å². The van der Waals surface area contributed by atoms with Crippen LogP contribution in [0.1, 0.15) is 13.8 Å². The van der Waals surface area contributed by atoms with E-state index in [4.69, 9.17) is 0 Å². The highest BCUT2D eigenvalue weighted by atomic mass is 32.2. The first-order valence-corrected chi connectivity index (χ1v) is 11.1. The zero-order chi connectivity index (χ0) is 20.0. The Labute approximate surface area is 162 Å². The van der Waals surface area contributed by atoms with E-state index >= 15 is 0 Å². The lowest BCUT2D eigenvalue weighted by atomic mass is 10.2. The van der Waals surface area contributed by atoms with Gasteiger partial charge in [-0.25, -0.2) is 13.2 Å². The summed E-state index contributed by atoms with van der Waals surface area (Å²) in [6.45, 7) is 8.09. The fraction of sp³-hybridized carbons (Fsp3) is 0.611. The van der Waals surface area contributed by atoms with Crippen molar-refractivity contribution < 1.29 is 13.2 Å². The molecule has 0 radical (unpaired) electrons. The highest BCUT2D eigenvalue weighted by molar-refractivity contribution is 7.92. The number of hydrogen-bond acceptors (Lipinski definition) is 5. The van der Waals surface area contributed by atoms with Crippen LogP contribution < -0.4 is 19.8 Å². The molecular weight excluding hydrogens is 366 g/mol. The van der Waals surface area contributed by atoms with E-state index in [1.807, 2.05) is 38.1 Å². The average Bonchev–Trinajstić information content (AvgIpc) is 2.58. The lowest BCUT2D eigenvalue weighted by molar-refractivity contribution is 0.239. The van der Waals surface area contributed by atoms with Gasteiger partial charge in [-0.15, -0.1) is 0 Å². The molecule has 0 atom stereocenters. The van der Waals surface area contributed by atoms with E-state index < -0.39 is 10.0 Å². The van der Waals surface area contributed by atoms with Gasteiger partial charge in [0.15, 0.2) is 0 Å². The highest BCUT2D eigenvalue weighted by Crippen LogP contribution is 2.23. The Hall–Kier alpha value is -2.00. The number of anilines is 2. The van der Waals surface area contributed by atoms with Crippen LogP contribution in [-0.4, -0.2) is 78.0 Å². The third-order valence-electron chi connectivity index (χ3n) is 4.43. The van der Waals surface area contributed by atoms with Crippen molar-refractivity contribution >= 4 is 27.4 Å². The molecule has 2 rings (SSSR count). The van der Waals surface area contributed by atoms with Crippen LogP contribution in [0.3, 0.4) is 0 Å². The number of amides is 2. The summed E-state index contributed by atoms with van der Waals surface area (Å²) in [4.78, 5) is 16.3. The van der Waals surface area contributed by atoms with Crippen LogP contribution in [-0.2, 0) is 10.0 Å². The van der Waals surface area contributed by atoms with Crippen LogP contribution in [0.25, 0.3) is 0 Å². The van der Waals surface area contributed by atoms with Crippen molar-refractivity contribution in [3.63, 3.8) is 0 Å². The Balaban J connectivity index is 2.01. The topological polar surface area (TPSA) is 85.0 Å². The molecule has 0 aromatic heterocycles. The monoisotopic (exact) mass is 397 g/mol. The fourth-order valence-electron chi connectivity index (χ4n) is 2.96. The first-order chi connectivity index (χ1) is 12.7. The number of sulfonamides is 1. The third kappa shape index (κ3) is 6.59. The number of benzene rings is 1. The van der Waals surface area contributed by atoms with Crippen molar-refractivity contribution in [1.29, 1.82) is 0 Å². The maximum Gasteiger partial charge on any atom is 0.315 e. The second-order valence-corrected chi connectivity index (χ2v) is 9.10. The Bertz CT molecular complexity index is 713. The highest BCUT2D eigenvalue weighted by Gasteiger charge is 2.19. The maximum atomic E-state index is 12.2. The fourth-order valence-corrected chi connectivity index (χ4v) is 3.89. The molecule has 0 spiro atoms. The summed E-state index contributed by atoms with van der Waals surface area (Å²) in [5.74, 6) is 0. The maximum absolute atomic E-state index is 12.2. The van der Waals surface area contributed by atoms with Crippen molar-refractivity contribution in [3.05, 3.63) is 24.3 Å². The van der Waals surface area contributed by atoms with E-state index in [1.165, 1.54) is 10.6 Å². The normalized spacial score (nSPS) is 15.7. The van der Waals surface area contributed by atoms with E-state index in [1.54, 1.807) is 0 Å². The second kappa shape index (κ2) is 9.27. The summed E-state index contributed by atoms with van der Waals surface area (Å²) in [5.41, 5.74) is 1.69. The van der Waals surface area contributed by atoms with Crippen LogP contribution >= 0.6 is 0 Å². The van der Waals surface area contributed by atoms with Crippen molar-refractivity contribution in [3.8, 4) is 0 Å². The molecule has 1 aliphatic rings. The molecule has 152 valence electrons. The lowest BCUT2D eigenvalue weighted by Crippen LogP contribution is -2.44. The first-order valence-electron chi connectivity index (χ1n) is 9.22. The van der Waals surface area contributed by atoms with E-state index in [2.05, 4.69) is 27.5 Å². The molecule has 8 nitrogen and oxygen atoms in total. The number of nitrogens with zero attached hydrogens (tertiary/aromatic N) is 3. The van der Waals surface area contributed by atoms with Gasteiger partial charge in [0.1, 0.15) is 0 Å². The standard InChI is InChI=1S/C18H31N5O3S/c1-15(2)20-18(24)19-9-10-23(27(4,25)26)17-7-5-16(6-8-17)22-13-11-21(3)12-14-22/h5-8,15H,9-14H2,1-4H3,(H2,19,20,24). The Morgan fingerprint density at radius 2 is 1.74 bits per heavy atom. The van der Waals surface area contributed by atoms with E-state index in [0.29, 0.717) is 5.69 Å². The first kappa shape index (κ1) is 21.3. The minimum Gasteiger partial charge on any atom is -0.369 e. The quantitative estimate of drug-likeness (QED) is 0.714. The van der Waals surface area contributed by atoms with Gasteiger partial charge in [-0.05, 0) is 45.2 Å². The van der Waals surface area contributed by atoms with Crippen LogP contribution in [0.4, 0.5) is 16.2 Å². The van der Waals surface area contributed by atoms with E-state index in [0.717, 1.165) is 31.9 Å². The van der Waals surface area contributed by atoms with Crippen molar-refractivity contribution in [2.75, 3.05) is 61.8 Å². The molecular formula is C18H31N5O3S. The number of carbonyl (C=O) groups is 1. The van der Waals surface area contributed by atoms with Crippen molar-refractivity contribution in [1.82, 2.24) is 15.5 Å². The molecule has 0 aliphatic carbocycles. The number of hydrogen-bond donors (Lipinski definition) is 2. The molecule has 1 saturated heterocycles. The summed E-state index contributed by atoms with van der Waals surface area (Å²) in [6, 6.07) is 7.28. The third-order valence-corrected chi connectivity index (χ3v) is 5.62. The molecule has 1 fully saturated rings. The van der Waals surface area contributed by atoms with Crippen LogP contribution in [0.15, 0.2) is 24.3 Å². The SMILES string of the molecule is CC(C)NC(=O)NCCN(c1ccc(N2CCN(C)CC2)cc1)S(C)(=O)=O. The van der Waals surface area contributed by atoms with Crippen molar-refractivity contribution in [2.45, 2.75) is 19.9 Å². The largest absolute Gasteiger partial charge is 0.369 e. The predicted molar refractivity (Wildman–Crippen MR) is 110 cm³/mol. The molecule has 0 unspecified atom stereocenters. The molecule has 0 bridgehead atoms. The zero-order valence-electron chi connectivity index (χ0n) is 16.6. The molecule has 0 saturated carbocycles. The zero-order valence-corrected chi connectivity index (χ0v) is 17.4. The number of carbonyl (C=O) groups excluding carboxylic acids is 1. The summed E-state index contributed by atoms with van der Waals surface area (Å²) in [6.07, 6.45) is 1.18. The number of rotatable bonds is 7. The van der Waals surface area contributed by atoms with Gasteiger partial charge in [-0.2, -0.15) is 0 Å². The van der Waals surface area contributed by atoms with E-state index in [9.17, 15) is 13.2 Å². The van der Waals surface area contributed by atoms with Crippen LogP contribution in [0.5, 0.6) is 0 Å². The Morgan fingerprint density at radius 1 is 1.15 bits per heavy atom. The molecule has 9 heteroatoms. The van der Waals surface area contributed by atoms with Gasteiger partial charge >= 0.3 is 6.03 Å². The van der Waals surface area contributed by atoms with Crippen LogP contribution in [0, 0.1) is 0 Å². The summed E-state index contributed by atoms with van der Waals surface area (Å²) in [5, 5.41) is 5.40. The van der Waals surface area contributed by atoms with Gasteiger partial charge in [-0.1, -0.05) is 0 Å². The van der Waals surface area contributed by atoms with Crippen molar-refractivity contribution in [2.24, 2.45) is 0 Å². The number of nitrogens with one attached hydrogen (secondary N) is 2. The molecule has 2 amide bonds. The minimum atomic E-state index is -3.44.